The van der Waals surface area contributed by atoms with E-state index in [4.69, 9.17) is 19.4 Å². The van der Waals surface area contributed by atoms with Crippen molar-refractivity contribution in [1.82, 2.24) is 15.3 Å². The molecule has 1 fully saturated rings. The van der Waals surface area contributed by atoms with Gasteiger partial charge in [0, 0.05) is 25.0 Å². The van der Waals surface area contributed by atoms with Crippen LogP contribution >= 0.6 is 0 Å². The molecule has 2 aromatic carbocycles. The molecule has 31 heavy (non-hydrogen) atoms. The van der Waals surface area contributed by atoms with Crippen LogP contribution in [0.3, 0.4) is 0 Å². The van der Waals surface area contributed by atoms with Crippen molar-refractivity contribution in [2.24, 2.45) is 5.92 Å². The van der Waals surface area contributed by atoms with Crippen LogP contribution in [0.4, 0.5) is 5.95 Å². The van der Waals surface area contributed by atoms with Crippen molar-refractivity contribution >= 4 is 22.8 Å². The lowest BCUT2D eigenvalue weighted by atomic mass is 9.97. The van der Waals surface area contributed by atoms with Crippen molar-refractivity contribution < 1.29 is 14.3 Å². The van der Waals surface area contributed by atoms with E-state index in [-0.39, 0.29) is 18.6 Å². The van der Waals surface area contributed by atoms with Gasteiger partial charge in [0.05, 0.1) is 17.1 Å². The van der Waals surface area contributed by atoms with Crippen LogP contribution < -0.4 is 19.7 Å². The van der Waals surface area contributed by atoms with Gasteiger partial charge in [-0.3, -0.25) is 4.79 Å². The molecule has 1 atom stereocenters. The van der Waals surface area contributed by atoms with Crippen LogP contribution in [-0.4, -0.2) is 35.8 Å². The first-order chi connectivity index (χ1) is 15.1. The summed E-state index contributed by atoms with van der Waals surface area (Å²) in [5.74, 6) is 2.17. The van der Waals surface area contributed by atoms with Gasteiger partial charge < -0.3 is 19.7 Å². The Morgan fingerprint density at radius 2 is 2.00 bits per heavy atom. The number of nitrogens with one attached hydrogen (secondary N) is 1. The van der Waals surface area contributed by atoms with E-state index in [1.807, 2.05) is 25.1 Å². The Balaban J connectivity index is 1.26. The van der Waals surface area contributed by atoms with Crippen LogP contribution in [0.2, 0.25) is 0 Å². The third-order valence-corrected chi connectivity index (χ3v) is 6.01. The molecule has 1 N–H and O–H groups in total. The number of aromatic nitrogens is 2. The minimum absolute atomic E-state index is 0.0655. The molecule has 2 aliphatic heterocycles. The molecule has 7 nitrogen and oxygen atoms in total. The normalized spacial score (nSPS) is 17.7. The van der Waals surface area contributed by atoms with Gasteiger partial charge in [0.25, 0.3) is 0 Å². The lowest BCUT2D eigenvalue weighted by Crippen LogP contribution is -2.43. The highest BCUT2D eigenvalue weighted by Gasteiger charge is 2.27. The van der Waals surface area contributed by atoms with Crippen LogP contribution in [0.5, 0.6) is 11.5 Å². The monoisotopic (exact) mass is 418 g/mol. The van der Waals surface area contributed by atoms with Crippen LogP contribution in [0.1, 0.15) is 29.7 Å². The summed E-state index contributed by atoms with van der Waals surface area (Å²) in [7, 11) is 0. The molecule has 1 amide bonds. The zero-order valence-electron chi connectivity index (χ0n) is 17.9. The number of amides is 1. The van der Waals surface area contributed by atoms with E-state index in [0.29, 0.717) is 19.0 Å². The van der Waals surface area contributed by atoms with Crippen LogP contribution in [-0.2, 0) is 11.3 Å². The number of hydrogen-bond acceptors (Lipinski definition) is 6. The highest BCUT2D eigenvalue weighted by molar-refractivity contribution is 5.83. The quantitative estimate of drug-likeness (QED) is 0.699. The van der Waals surface area contributed by atoms with Crippen molar-refractivity contribution in [3.05, 3.63) is 53.2 Å². The summed E-state index contributed by atoms with van der Waals surface area (Å²) in [4.78, 5) is 24.5. The van der Waals surface area contributed by atoms with Crippen molar-refractivity contribution in [1.29, 1.82) is 0 Å². The number of anilines is 1. The maximum absolute atomic E-state index is 12.9. The van der Waals surface area contributed by atoms with Gasteiger partial charge in [-0.25, -0.2) is 9.97 Å². The average Bonchev–Trinajstić information content (AvgIpc) is 3.25. The predicted molar refractivity (Wildman–Crippen MR) is 118 cm³/mol. The highest BCUT2D eigenvalue weighted by Crippen LogP contribution is 2.32. The third-order valence-electron chi connectivity index (χ3n) is 6.01. The molecule has 0 spiro atoms. The summed E-state index contributed by atoms with van der Waals surface area (Å²) in [5.41, 5.74) is 4.09. The van der Waals surface area contributed by atoms with E-state index < -0.39 is 0 Å². The molecule has 0 bridgehead atoms. The lowest BCUT2D eigenvalue weighted by Gasteiger charge is -2.32. The Morgan fingerprint density at radius 3 is 2.90 bits per heavy atom. The van der Waals surface area contributed by atoms with Crippen molar-refractivity contribution in [2.75, 3.05) is 24.8 Å². The van der Waals surface area contributed by atoms with E-state index in [1.54, 1.807) is 0 Å². The number of piperidine rings is 1. The molecule has 7 heteroatoms. The van der Waals surface area contributed by atoms with Gasteiger partial charge in [-0.05, 0) is 56.0 Å². The molecule has 0 aliphatic carbocycles. The minimum atomic E-state index is -0.0835. The van der Waals surface area contributed by atoms with Crippen LogP contribution in [0.15, 0.2) is 36.4 Å². The Morgan fingerprint density at radius 1 is 1.13 bits per heavy atom. The number of rotatable bonds is 4. The van der Waals surface area contributed by atoms with Gasteiger partial charge in [-0.2, -0.15) is 0 Å². The van der Waals surface area contributed by atoms with E-state index in [0.717, 1.165) is 53.0 Å². The summed E-state index contributed by atoms with van der Waals surface area (Å²) < 4.78 is 10.8. The highest BCUT2D eigenvalue weighted by atomic mass is 16.7. The summed E-state index contributed by atoms with van der Waals surface area (Å²) in [6.45, 7) is 6.29. The zero-order chi connectivity index (χ0) is 21.4. The van der Waals surface area contributed by atoms with E-state index in [1.165, 1.54) is 5.56 Å². The molecular formula is C24H26N4O3. The fourth-order valence-electron chi connectivity index (χ4n) is 4.28. The summed E-state index contributed by atoms with van der Waals surface area (Å²) in [6.07, 6.45) is 1.81. The second kappa shape index (κ2) is 8.06. The van der Waals surface area contributed by atoms with Crippen molar-refractivity contribution in [2.45, 2.75) is 33.2 Å². The zero-order valence-corrected chi connectivity index (χ0v) is 17.9. The molecule has 3 aromatic rings. The maximum atomic E-state index is 12.9. The molecule has 5 rings (SSSR count). The first-order valence-corrected chi connectivity index (χ1v) is 10.7. The van der Waals surface area contributed by atoms with Gasteiger partial charge in [0.2, 0.25) is 18.6 Å². The van der Waals surface area contributed by atoms with E-state index in [2.05, 4.69) is 35.3 Å². The van der Waals surface area contributed by atoms with Gasteiger partial charge in [0.1, 0.15) is 0 Å². The van der Waals surface area contributed by atoms with E-state index in [9.17, 15) is 4.79 Å². The van der Waals surface area contributed by atoms with Crippen LogP contribution in [0, 0.1) is 19.8 Å². The fraction of sp³-hybridized carbons (Fsp3) is 0.375. The van der Waals surface area contributed by atoms with Crippen LogP contribution in [0.25, 0.3) is 10.9 Å². The largest absolute Gasteiger partial charge is 0.454 e. The molecule has 1 saturated heterocycles. The number of carbonyl (C=O) groups is 1. The second-order valence-corrected chi connectivity index (χ2v) is 8.32. The standard InChI is InChI=1S/C24H26N4O3/c1-15-5-7-19-16(2)26-24(27-20(19)10-15)28-9-3-4-18(13-28)23(29)25-12-17-6-8-21-22(11-17)31-14-30-21/h5-8,10-11,18H,3-4,9,12-14H2,1-2H3,(H,25,29)/t18-/m0/s1. The molecular weight excluding hydrogens is 392 g/mol. The maximum Gasteiger partial charge on any atom is 0.231 e. The van der Waals surface area contributed by atoms with Crippen molar-refractivity contribution in [3.63, 3.8) is 0 Å². The number of benzene rings is 2. The number of ether oxygens (including phenoxy) is 2. The Bertz CT molecular complexity index is 1150. The molecule has 1 aromatic heterocycles. The Hall–Kier alpha value is -3.35. The van der Waals surface area contributed by atoms with Crippen molar-refractivity contribution in [3.8, 4) is 11.5 Å². The predicted octanol–water partition coefficient (Wildman–Crippen LogP) is 3.51. The first kappa shape index (κ1) is 19.6. The van der Waals surface area contributed by atoms with Gasteiger partial charge in [-0.15, -0.1) is 0 Å². The number of aryl methyl sites for hydroxylation is 2. The second-order valence-electron chi connectivity index (χ2n) is 8.32. The number of nitrogens with zero attached hydrogens (tertiary/aromatic N) is 3. The summed E-state index contributed by atoms with van der Waals surface area (Å²) in [5, 5.41) is 4.15. The lowest BCUT2D eigenvalue weighted by molar-refractivity contribution is -0.125. The average molecular weight is 418 g/mol. The molecule has 0 unspecified atom stereocenters. The molecule has 160 valence electrons. The molecule has 2 aliphatic rings. The number of hydrogen-bond donors (Lipinski definition) is 1. The topological polar surface area (TPSA) is 76.6 Å². The van der Waals surface area contributed by atoms with E-state index >= 15 is 0 Å². The number of carbonyl (C=O) groups excluding carboxylic acids is 1. The molecule has 0 saturated carbocycles. The molecule has 0 radical (unpaired) electrons. The SMILES string of the molecule is Cc1ccc2c(C)nc(N3CCC[C@H](C(=O)NCc4ccc5c(c4)OCO5)C3)nc2c1. The van der Waals surface area contributed by atoms with Gasteiger partial charge in [0.15, 0.2) is 11.5 Å². The molecule has 3 heterocycles. The van der Waals surface area contributed by atoms with Gasteiger partial charge >= 0.3 is 0 Å². The minimum Gasteiger partial charge on any atom is -0.454 e. The Labute approximate surface area is 181 Å². The third kappa shape index (κ3) is 4.00. The summed E-state index contributed by atoms with van der Waals surface area (Å²) in [6, 6.07) is 12.0. The smallest absolute Gasteiger partial charge is 0.231 e. The summed E-state index contributed by atoms with van der Waals surface area (Å²) >= 11 is 0. The fourth-order valence-corrected chi connectivity index (χ4v) is 4.28. The Kier molecular flexibility index (Phi) is 5.10. The first-order valence-electron chi connectivity index (χ1n) is 10.7. The number of fused-ring (bicyclic) bond motifs is 2. The van der Waals surface area contributed by atoms with Gasteiger partial charge in [-0.1, -0.05) is 18.2 Å².